The molecule has 0 fully saturated rings. The van der Waals surface area contributed by atoms with Gasteiger partial charge in [-0.3, -0.25) is 4.79 Å². The number of halogens is 3. The van der Waals surface area contributed by atoms with Crippen LogP contribution < -0.4 is 0 Å². The van der Waals surface area contributed by atoms with Gasteiger partial charge in [0.2, 0.25) is 0 Å². The minimum absolute atomic E-state index is 0.0566. The number of rotatable bonds is 4. The van der Waals surface area contributed by atoms with Crippen molar-refractivity contribution in [1.82, 2.24) is 4.90 Å². The van der Waals surface area contributed by atoms with Crippen molar-refractivity contribution in [1.29, 1.82) is 0 Å². The first-order valence-electron chi connectivity index (χ1n) is 5.84. The van der Waals surface area contributed by atoms with Crippen molar-refractivity contribution in [2.24, 2.45) is 0 Å². The maximum absolute atomic E-state index is 13.6. The van der Waals surface area contributed by atoms with Crippen LogP contribution in [0.1, 0.15) is 31.1 Å². The molecule has 0 aliphatic carbocycles. The summed E-state index contributed by atoms with van der Waals surface area (Å²) >= 11 is 3.07. The molecule has 0 saturated carbocycles. The maximum atomic E-state index is 13.6. The zero-order chi connectivity index (χ0) is 15.7. The third kappa shape index (κ3) is 3.71. The van der Waals surface area contributed by atoms with Crippen LogP contribution in [0.15, 0.2) is 21.5 Å². The number of carbonyl (C=O) groups is 1. The van der Waals surface area contributed by atoms with Gasteiger partial charge in [0.25, 0.3) is 15.0 Å². The van der Waals surface area contributed by atoms with Gasteiger partial charge in [0.15, 0.2) is 0 Å². The Hall–Kier alpha value is -0.660. The van der Waals surface area contributed by atoms with Crippen molar-refractivity contribution < 1.29 is 17.6 Å². The van der Waals surface area contributed by atoms with Gasteiger partial charge in [-0.2, -0.15) is 0 Å². The fourth-order valence-corrected chi connectivity index (χ4v) is 3.17. The lowest BCUT2D eigenvalue weighted by atomic mass is 10.1. The van der Waals surface area contributed by atoms with Crippen LogP contribution in [0.4, 0.5) is 4.39 Å². The molecule has 0 spiro atoms. The van der Waals surface area contributed by atoms with Gasteiger partial charge >= 0.3 is 0 Å². The average Bonchev–Trinajstić information content (AvgIpc) is 2.27. The fourth-order valence-electron chi connectivity index (χ4n) is 1.78. The molecule has 112 valence electrons. The van der Waals surface area contributed by atoms with Gasteiger partial charge in [0, 0.05) is 27.7 Å². The first-order chi connectivity index (χ1) is 9.09. The second kappa shape index (κ2) is 6.41. The molecule has 0 saturated heterocycles. The van der Waals surface area contributed by atoms with Crippen LogP contribution >= 0.6 is 26.6 Å². The van der Waals surface area contributed by atoms with Crippen LogP contribution in [-0.2, 0) is 9.05 Å². The van der Waals surface area contributed by atoms with Gasteiger partial charge in [0.1, 0.15) is 10.7 Å². The monoisotopic (exact) mass is 385 g/mol. The van der Waals surface area contributed by atoms with Crippen molar-refractivity contribution in [3.05, 3.63) is 28.0 Å². The molecule has 20 heavy (non-hydrogen) atoms. The highest BCUT2D eigenvalue weighted by atomic mass is 79.9. The Morgan fingerprint density at radius 2 is 2.00 bits per heavy atom. The molecule has 0 aromatic heterocycles. The Bertz CT molecular complexity index is 634. The Balaban J connectivity index is 3.43. The van der Waals surface area contributed by atoms with Crippen LogP contribution in [0, 0.1) is 5.82 Å². The van der Waals surface area contributed by atoms with Gasteiger partial charge in [-0.15, -0.1) is 0 Å². The quantitative estimate of drug-likeness (QED) is 0.745. The second-order valence-corrected chi connectivity index (χ2v) is 7.77. The van der Waals surface area contributed by atoms with E-state index in [9.17, 15) is 17.6 Å². The Morgan fingerprint density at radius 1 is 1.45 bits per heavy atom. The predicted molar refractivity (Wildman–Crippen MR) is 79.0 cm³/mol. The van der Waals surface area contributed by atoms with Gasteiger partial charge in [-0.25, -0.2) is 12.8 Å². The van der Waals surface area contributed by atoms with E-state index in [1.54, 1.807) is 6.92 Å². The van der Waals surface area contributed by atoms with Gasteiger partial charge in [-0.1, -0.05) is 0 Å². The number of carbonyl (C=O) groups excluding carboxylic acids is 1. The normalized spacial score (nSPS) is 11.8. The molecule has 1 aromatic carbocycles. The second-order valence-electron chi connectivity index (χ2n) is 4.39. The molecule has 1 amide bonds. The molecule has 0 aliphatic rings. The van der Waals surface area contributed by atoms with E-state index in [4.69, 9.17) is 10.7 Å². The summed E-state index contributed by atoms with van der Waals surface area (Å²) in [4.78, 5) is 13.2. The van der Waals surface area contributed by atoms with Crippen LogP contribution in [0.5, 0.6) is 0 Å². The van der Waals surface area contributed by atoms with E-state index in [0.717, 1.165) is 12.1 Å². The van der Waals surface area contributed by atoms with Crippen LogP contribution in [0.25, 0.3) is 0 Å². The molecule has 4 nitrogen and oxygen atoms in total. The van der Waals surface area contributed by atoms with Crippen molar-refractivity contribution in [2.75, 3.05) is 6.54 Å². The Labute approximate surface area is 130 Å². The molecule has 8 heteroatoms. The number of hydrogen-bond acceptors (Lipinski definition) is 3. The molecule has 1 rings (SSSR count). The molecule has 0 unspecified atom stereocenters. The lowest BCUT2D eigenvalue weighted by Crippen LogP contribution is -2.37. The summed E-state index contributed by atoms with van der Waals surface area (Å²) < 4.78 is 36.4. The molecular weight excluding hydrogens is 373 g/mol. The van der Waals surface area contributed by atoms with E-state index in [2.05, 4.69) is 15.9 Å². The fraction of sp³-hybridized carbons (Fsp3) is 0.417. The summed E-state index contributed by atoms with van der Waals surface area (Å²) in [6.07, 6.45) is 0. The Kier molecular flexibility index (Phi) is 5.57. The largest absolute Gasteiger partial charge is 0.336 e. The highest BCUT2D eigenvalue weighted by molar-refractivity contribution is 9.10. The molecule has 0 N–H and O–H groups in total. The molecule has 0 radical (unpaired) electrons. The van der Waals surface area contributed by atoms with Crippen LogP contribution in [-0.4, -0.2) is 31.8 Å². The topological polar surface area (TPSA) is 54.5 Å². The van der Waals surface area contributed by atoms with E-state index < -0.39 is 25.7 Å². The lowest BCUT2D eigenvalue weighted by molar-refractivity contribution is 0.0715. The molecule has 0 bridgehead atoms. The SMILES string of the molecule is CCN(C(=O)c1cc(S(=O)(=O)Cl)c(F)cc1Br)C(C)C. The van der Waals surface area contributed by atoms with Gasteiger partial charge < -0.3 is 4.90 Å². The number of hydrogen-bond donors (Lipinski definition) is 0. The van der Waals surface area contributed by atoms with Gasteiger partial charge in [-0.05, 0) is 48.8 Å². The molecule has 0 atom stereocenters. The summed E-state index contributed by atoms with van der Waals surface area (Å²) in [7, 11) is 0.908. The van der Waals surface area contributed by atoms with Crippen molar-refractivity contribution in [3.8, 4) is 0 Å². The first kappa shape index (κ1) is 17.4. The molecular formula is C12H14BrClFNO3S. The lowest BCUT2D eigenvalue weighted by Gasteiger charge is -2.25. The summed E-state index contributed by atoms with van der Waals surface area (Å²) in [6, 6.07) is 1.81. The van der Waals surface area contributed by atoms with Crippen molar-refractivity contribution >= 4 is 41.6 Å². The van der Waals surface area contributed by atoms with E-state index in [-0.39, 0.29) is 16.1 Å². The smallest absolute Gasteiger partial charge is 0.264 e. The van der Waals surface area contributed by atoms with Crippen LogP contribution in [0.2, 0.25) is 0 Å². The van der Waals surface area contributed by atoms with E-state index in [1.807, 2.05) is 13.8 Å². The summed E-state index contributed by atoms with van der Waals surface area (Å²) in [5.41, 5.74) is 0.0566. The number of benzene rings is 1. The zero-order valence-corrected chi connectivity index (χ0v) is 14.3. The highest BCUT2D eigenvalue weighted by Gasteiger charge is 2.25. The molecule has 1 aromatic rings. The van der Waals surface area contributed by atoms with E-state index in [1.165, 1.54) is 4.90 Å². The maximum Gasteiger partial charge on any atom is 0.264 e. The van der Waals surface area contributed by atoms with Crippen molar-refractivity contribution in [2.45, 2.75) is 31.7 Å². The highest BCUT2D eigenvalue weighted by Crippen LogP contribution is 2.27. The standard InChI is InChI=1S/C12H14BrClFNO3S/c1-4-16(7(2)3)12(17)8-5-11(20(14,18)19)10(15)6-9(8)13/h5-7H,4H2,1-3H3. The number of amides is 1. The zero-order valence-electron chi connectivity index (χ0n) is 11.2. The minimum Gasteiger partial charge on any atom is -0.336 e. The molecule has 0 heterocycles. The van der Waals surface area contributed by atoms with E-state index in [0.29, 0.717) is 6.54 Å². The minimum atomic E-state index is -4.25. The summed E-state index contributed by atoms with van der Waals surface area (Å²) in [5, 5.41) is 0. The first-order valence-corrected chi connectivity index (χ1v) is 8.94. The Morgan fingerprint density at radius 3 is 2.40 bits per heavy atom. The van der Waals surface area contributed by atoms with Crippen LogP contribution in [0.3, 0.4) is 0 Å². The van der Waals surface area contributed by atoms with Crippen molar-refractivity contribution in [3.63, 3.8) is 0 Å². The summed E-state index contributed by atoms with van der Waals surface area (Å²) in [5.74, 6) is -1.40. The third-order valence-corrected chi connectivity index (χ3v) is 4.73. The third-order valence-electron chi connectivity index (χ3n) is 2.74. The average molecular weight is 387 g/mol. The number of nitrogens with zero attached hydrogens (tertiary/aromatic N) is 1. The predicted octanol–water partition coefficient (Wildman–Crippen LogP) is 3.39. The van der Waals surface area contributed by atoms with E-state index >= 15 is 0 Å². The summed E-state index contributed by atoms with van der Waals surface area (Å²) in [6.45, 7) is 5.91. The van der Waals surface area contributed by atoms with Gasteiger partial charge in [0.05, 0.1) is 5.56 Å². The molecule has 0 aliphatic heterocycles.